The molecule has 4 fully saturated rings. The highest BCUT2D eigenvalue weighted by Gasteiger charge is 2.38. The zero-order valence-electron chi connectivity index (χ0n) is 46.6. The highest BCUT2D eigenvalue weighted by Crippen LogP contribution is 2.38. The summed E-state index contributed by atoms with van der Waals surface area (Å²) in [6.07, 6.45) is 3.46. The Labute approximate surface area is 500 Å². The van der Waals surface area contributed by atoms with Crippen LogP contribution in [-0.4, -0.2) is 126 Å². The van der Waals surface area contributed by atoms with Crippen molar-refractivity contribution in [3.8, 4) is 0 Å². The van der Waals surface area contributed by atoms with Gasteiger partial charge in [0, 0.05) is 35.5 Å². The van der Waals surface area contributed by atoms with Crippen LogP contribution in [0.3, 0.4) is 0 Å². The van der Waals surface area contributed by atoms with Crippen molar-refractivity contribution in [1.82, 2.24) is 0 Å². The van der Waals surface area contributed by atoms with E-state index in [4.69, 9.17) is 63.6 Å². The first-order chi connectivity index (χ1) is 40.6. The molecular formula is C66H68B3ClO14. The molecule has 6 aromatic carbocycles. The summed E-state index contributed by atoms with van der Waals surface area (Å²) in [7, 11) is 17.5. The van der Waals surface area contributed by atoms with Gasteiger partial charge in [0.2, 0.25) is 0 Å². The van der Waals surface area contributed by atoms with Gasteiger partial charge >= 0.3 is 35.8 Å². The summed E-state index contributed by atoms with van der Waals surface area (Å²) in [4.78, 5) is 71.9. The minimum Gasteiger partial charge on any atom is -0.462 e. The Balaban J connectivity index is 0.000000163. The van der Waals surface area contributed by atoms with E-state index in [9.17, 15) is 39.0 Å². The van der Waals surface area contributed by atoms with Crippen molar-refractivity contribution >= 4 is 71.0 Å². The number of carbonyl (C=O) groups is 6. The molecule has 0 bridgehead atoms. The van der Waals surface area contributed by atoms with Crippen LogP contribution >= 0.6 is 11.6 Å². The lowest BCUT2D eigenvalue weighted by molar-refractivity contribution is 0.00342. The van der Waals surface area contributed by atoms with E-state index >= 15 is 0 Å². The van der Waals surface area contributed by atoms with Gasteiger partial charge in [0.15, 0.2) is 0 Å². The van der Waals surface area contributed by atoms with Crippen LogP contribution in [0.4, 0.5) is 0 Å². The van der Waals surface area contributed by atoms with Crippen molar-refractivity contribution in [2.75, 3.05) is 26.4 Å². The molecule has 0 amide bonds. The zero-order chi connectivity index (χ0) is 59.8. The van der Waals surface area contributed by atoms with E-state index < -0.39 is 12.2 Å². The molecule has 432 valence electrons. The molecular weight excluding hydrogens is 1080 g/mol. The van der Waals surface area contributed by atoms with Gasteiger partial charge in [-0.1, -0.05) is 127 Å². The maximum Gasteiger partial charge on any atom is 0.338 e. The number of rotatable bonds is 16. The van der Waals surface area contributed by atoms with Crippen molar-refractivity contribution in [3.63, 3.8) is 0 Å². The second-order valence-electron chi connectivity index (χ2n) is 21.4. The summed E-state index contributed by atoms with van der Waals surface area (Å²) >= 11 is 6.23. The summed E-state index contributed by atoms with van der Waals surface area (Å²) in [5.74, 6) is -2.48. The number of carbonyl (C=O) groups excluding carboxylic acids is 6. The van der Waals surface area contributed by atoms with Crippen molar-refractivity contribution < 1.29 is 67.4 Å². The highest BCUT2D eigenvalue weighted by atomic mass is 35.5. The minimum atomic E-state index is -0.450. The molecule has 84 heavy (non-hydrogen) atoms. The fourth-order valence-electron chi connectivity index (χ4n) is 10.4. The lowest BCUT2D eigenvalue weighted by atomic mass is 9.85. The van der Waals surface area contributed by atoms with E-state index in [0.717, 1.165) is 0 Å². The van der Waals surface area contributed by atoms with E-state index in [2.05, 4.69) is 0 Å². The third-order valence-corrected chi connectivity index (χ3v) is 15.3. The number of aliphatic hydroxyl groups is 2. The topological polar surface area (TPSA) is 198 Å². The zero-order valence-corrected chi connectivity index (χ0v) is 47.4. The third kappa shape index (κ3) is 20.4. The standard InChI is InChI=1S/C20H19BO4.C20H19ClO4.2C13H15BO3/c2*21-17-11-16(13-24-19(22)14-7-3-1-4-8-14)18(12-17)25-20(23)15-9-5-2-6-10-15;2*14-11-6-10(12(15)7-11)8-17-13(16)9-4-2-1-3-5-9/h2*1-10,16-18H,11-13H2;2*1-5,10-12,15H,6-8H2. The highest BCUT2D eigenvalue weighted by molar-refractivity contribution is 6.20. The molecule has 0 saturated heterocycles. The first-order valence-corrected chi connectivity index (χ1v) is 28.7. The maximum absolute atomic E-state index is 12.2. The van der Waals surface area contributed by atoms with Crippen molar-refractivity contribution in [3.05, 3.63) is 215 Å². The molecule has 0 spiro atoms. The van der Waals surface area contributed by atoms with Crippen molar-refractivity contribution in [1.29, 1.82) is 0 Å². The van der Waals surface area contributed by atoms with Crippen LogP contribution in [0, 0.1) is 23.7 Å². The molecule has 0 aliphatic heterocycles. The summed E-state index contributed by atoms with van der Waals surface area (Å²) in [5, 5.41) is 19.3. The third-order valence-electron chi connectivity index (χ3n) is 14.9. The molecule has 4 aliphatic rings. The van der Waals surface area contributed by atoms with Crippen LogP contribution in [0.2, 0.25) is 17.5 Å². The Morgan fingerprint density at radius 1 is 0.333 bits per heavy atom. The first kappa shape index (κ1) is 64.1. The van der Waals surface area contributed by atoms with Gasteiger partial charge in [-0.15, -0.1) is 11.6 Å². The van der Waals surface area contributed by atoms with E-state index in [1.807, 2.05) is 36.4 Å². The molecule has 0 heterocycles. The summed E-state index contributed by atoms with van der Waals surface area (Å²) in [5.41, 5.74) is 3.07. The quantitative estimate of drug-likeness (QED) is 0.0402. The van der Waals surface area contributed by atoms with Gasteiger partial charge < -0.3 is 38.6 Å². The Kier molecular flexibility index (Phi) is 25.3. The number of ether oxygens (including phenoxy) is 6. The fourth-order valence-corrected chi connectivity index (χ4v) is 10.8. The molecule has 2 N–H and O–H groups in total. The number of aliphatic hydroxyl groups excluding tert-OH is 2. The van der Waals surface area contributed by atoms with Gasteiger partial charge in [-0.2, -0.15) is 0 Å². The number of hydrogen-bond acceptors (Lipinski definition) is 14. The largest absolute Gasteiger partial charge is 0.462 e. The van der Waals surface area contributed by atoms with Gasteiger partial charge in [0.05, 0.1) is 95.6 Å². The summed E-state index contributed by atoms with van der Waals surface area (Å²) in [6.45, 7) is 0.850. The average Bonchev–Trinajstić information content (AvgIpc) is 4.49. The number of alkyl halides is 1. The van der Waals surface area contributed by atoms with Crippen LogP contribution in [0.5, 0.6) is 0 Å². The van der Waals surface area contributed by atoms with Crippen LogP contribution in [0.25, 0.3) is 0 Å². The summed E-state index contributed by atoms with van der Waals surface area (Å²) < 4.78 is 32.3. The first-order valence-electron chi connectivity index (χ1n) is 28.3. The molecule has 6 aromatic rings. The van der Waals surface area contributed by atoms with E-state index in [-0.39, 0.29) is 121 Å². The van der Waals surface area contributed by atoms with Crippen LogP contribution in [-0.2, 0) is 28.4 Å². The van der Waals surface area contributed by atoms with Crippen LogP contribution in [0.1, 0.15) is 114 Å². The Morgan fingerprint density at radius 2 is 0.571 bits per heavy atom. The van der Waals surface area contributed by atoms with Gasteiger partial charge in [0.1, 0.15) is 12.2 Å². The second-order valence-corrected chi connectivity index (χ2v) is 22.0. The molecule has 14 nitrogen and oxygen atoms in total. The molecule has 0 aromatic heterocycles. The predicted octanol–water partition coefficient (Wildman–Crippen LogP) is 10.7. The van der Waals surface area contributed by atoms with Gasteiger partial charge in [-0.25, -0.2) is 28.8 Å². The molecule has 12 atom stereocenters. The monoisotopic (exact) mass is 1150 g/mol. The lowest BCUT2D eigenvalue weighted by Crippen LogP contribution is -2.26. The van der Waals surface area contributed by atoms with Gasteiger partial charge in [-0.3, -0.25) is 0 Å². The maximum atomic E-state index is 12.2. The molecule has 6 radical (unpaired) electrons. The predicted molar refractivity (Wildman–Crippen MR) is 319 cm³/mol. The Morgan fingerprint density at radius 3 is 0.857 bits per heavy atom. The normalized spacial score (nSPS) is 24.6. The van der Waals surface area contributed by atoms with E-state index in [0.29, 0.717) is 84.7 Å². The van der Waals surface area contributed by atoms with E-state index in [1.165, 1.54) is 0 Å². The minimum absolute atomic E-state index is 0.0189. The molecule has 18 heteroatoms. The number of halogens is 1. The number of hydrogen-bond donors (Lipinski definition) is 2. The van der Waals surface area contributed by atoms with Crippen molar-refractivity contribution in [2.24, 2.45) is 23.7 Å². The van der Waals surface area contributed by atoms with E-state index in [1.54, 1.807) is 146 Å². The van der Waals surface area contributed by atoms with Gasteiger partial charge in [0.25, 0.3) is 0 Å². The second kappa shape index (κ2) is 33.1. The number of esters is 6. The smallest absolute Gasteiger partial charge is 0.338 e. The molecule has 10 rings (SSSR count). The molecule has 12 unspecified atom stereocenters. The Hall–Kier alpha value is -7.46. The lowest BCUT2D eigenvalue weighted by Gasteiger charge is -2.20. The van der Waals surface area contributed by atoms with Gasteiger partial charge in [-0.05, 0) is 118 Å². The summed E-state index contributed by atoms with van der Waals surface area (Å²) in [6, 6.07) is 53.0. The average molecular weight is 1150 g/mol. The van der Waals surface area contributed by atoms with Crippen LogP contribution < -0.4 is 0 Å². The van der Waals surface area contributed by atoms with Crippen LogP contribution in [0.15, 0.2) is 182 Å². The molecule has 4 saturated carbocycles. The Bertz CT molecular complexity index is 2780. The van der Waals surface area contributed by atoms with Crippen molar-refractivity contribution in [2.45, 2.75) is 98.6 Å². The number of benzene rings is 6. The fraction of sp³-hybridized carbons (Fsp3) is 0.364. The SMILES string of the molecule is O=C(OCC1CC(Cl)CC1OC(=O)c1ccccc1)c1ccccc1.[B]C1CC(COC(=O)c2ccccc2)C(OC(=O)c2ccccc2)C1.[B]C1CC(O)C(COC(=O)c2ccccc2)C1.[B]C1CC(O)C(COC(=O)c2ccccc2)C1. The molecule has 4 aliphatic carbocycles.